The number of benzene rings is 1. The first kappa shape index (κ1) is 22.1. The monoisotopic (exact) mass is 424 g/mol. The predicted molar refractivity (Wildman–Crippen MR) is 112 cm³/mol. The van der Waals surface area contributed by atoms with Crippen LogP contribution in [0.2, 0.25) is 5.15 Å². The van der Waals surface area contributed by atoms with Crippen molar-refractivity contribution in [1.82, 2.24) is 9.78 Å². The Morgan fingerprint density at radius 3 is 2.54 bits per heavy atom. The van der Waals surface area contributed by atoms with E-state index in [-0.39, 0.29) is 4.90 Å². The van der Waals surface area contributed by atoms with E-state index in [1.807, 2.05) is 6.92 Å². The predicted octanol–water partition coefficient (Wildman–Crippen LogP) is 3.42. The number of carbonyl (C=O) groups is 1. The van der Waals surface area contributed by atoms with Gasteiger partial charge in [-0.05, 0) is 56.0 Å². The molecule has 0 bridgehead atoms. The summed E-state index contributed by atoms with van der Waals surface area (Å²) < 4.78 is 25.0. The summed E-state index contributed by atoms with van der Waals surface area (Å²) in [5.41, 5.74) is 3.24. The summed E-state index contributed by atoms with van der Waals surface area (Å²) in [6.07, 6.45) is 2.94. The summed E-state index contributed by atoms with van der Waals surface area (Å²) in [6.45, 7) is 10.2. The highest BCUT2D eigenvalue weighted by molar-refractivity contribution is 7.89. The van der Waals surface area contributed by atoms with E-state index in [1.54, 1.807) is 24.6 Å². The number of aryl methyl sites for hydroxylation is 2. The molecule has 0 atom stereocenters. The molecule has 1 heterocycles. The quantitative estimate of drug-likeness (QED) is 0.692. The summed E-state index contributed by atoms with van der Waals surface area (Å²) in [4.78, 5) is 12.3. The van der Waals surface area contributed by atoms with Crippen molar-refractivity contribution < 1.29 is 13.2 Å². The molecule has 0 radical (unpaired) electrons. The molecule has 1 amide bonds. The largest absolute Gasteiger partial charge is 0.322 e. The number of aromatic nitrogens is 2. The number of sulfonamides is 1. The Morgan fingerprint density at radius 1 is 1.32 bits per heavy atom. The van der Waals surface area contributed by atoms with Crippen LogP contribution in [0.1, 0.15) is 36.2 Å². The summed E-state index contributed by atoms with van der Waals surface area (Å²) in [7, 11) is -3.87. The Hall–Kier alpha value is -2.16. The van der Waals surface area contributed by atoms with Crippen molar-refractivity contribution in [1.29, 1.82) is 0 Å². The van der Waals surface area contributed by atoms with Crippen LogP contribution in [0.5, 0.6) is 0 Å². The second-order valence-corrected chi connectivity index (χ2v) is 9.07. The number of nitrogens with zero attached hydrogens (tertiary/aromatic N) is 2. The number of hydrogen-bond donors (Lipinski definition) is 2. The molecule has 0 saturated heterocycles. The van der Waals surface area contributed by atoms with Crippen molar-refractivity contribution in [3.63, 3.8) is 0 Å². The molecule has 0 unspecified atom stereocenters. The number of carbonyl (C=O) groups excluding carboxylic acids is 1. The Morgan fingerprint density at radius 2 is 1.96 bits per heavy atom. The molecule has 1 aromatic heterocycles. The van der Waals surface area contributed by atoms with Crippen molar-refractivity contribution in [2.75, 3.05) is 5.32 Å². The van der Waals surface area contributed by atoms with Gasteiger partial charge in [-0.3, -0.25) is 9.48 Å². The molecular formula is C19H25ClN4O3S. The molecule has 0 aliphatic heterocycles. The maximum atomic E-state index is 12.4. The zero-order valence-electron chi connectivity index (χ0n) is 16.6. The van der Waals surface area contributed by atoms with E-state index >= 15 is 0 Å². The minimum atomic E-state index is -3.87. The molecule has 152 valence electrons. The number of halogens is 1. The van der Waals surface area contributed by atoms with Crippen molar-refractivity contribution in [3.8, 4) is 0 Å². The van der Waals surface area contributed by atoms with Crippen molar-refractivity contribution in [2.24, 2.45) is 11.1 Å². The standard InChI is InChI=1S/C19H25ClN4O3S/c1-11(2)10-24-19(20)16(14(5)23-24)6-7-18(25)22-17-9-15(28(21,26)27)8-12(3)13(17)4/h6-9,11H,10H2,1-5H3,(H,22,25)(H2,21,26,27)/b7-6+. The van der Waals surface area contributed by atoms with Gasteiger partial charge < -0.3 is 5.32 Å². The Labute approximate surface area is 170 Å². The fourth-order valence-corrected chi connectivity index (χ4v) is 3.61. The van der Waals surface area contributed by atoms with Crippen LogP contribution in [-0.4, -0.2) is 24.1 Å². The molecule has 3 N–H and O–H groups in total. The third-order valence-corrected chi connectivity index (χ3v) is 5.57. The number of nitrogens with two attached hydrogens (primary N) is 1. The Balaban J connectivity index is 2.26. The molecule has 2 rings (SSSR count). The van der Waals surface area contributed by atoms with E-state index in [0.29, 0.717) is 34.4 Å². The van der Waals surface area contributed by atoms with Gasteiger partial charge in [-0.2, -0.15) is 5.10 Å². The van der Waals surface area contributed by atoms with Crippen LogP contribution in [0, 0.1) is 26.7 Å². The van der Waals surface area contributed by atoms with Crippen LogP contribution in [0.4, 0.5) is 5.69 Å². The number of hydrogen-bond acceptors (Lipinski definition) is 4. The zero-order valence-corrected chi connectivity index (χ0v) is 18.1. The van der Waals surface area contributed by atoms with Gasteiger partial charge in [0.1, 0.15) is 5.15 Å². The van der Waals surface area contributed by atoms with Crippen LogP contribution in [0.15, 0.2) is 23.1 Å². The summed E-state index contributed by atoms with van der Waals surface area (Å²) >= 11 is 6.37. The Bertz CT molecular complexity index is 1040. The van der Waals surface area contributed by atoms with Crippen LogP contribution in [0.25, 0.3) is 6.08 Å². The molecule has 2 aromatic rings. The second-order valence-electron chi connectivity index (χ2n) is 7.15. The molecule has 0 saturated carbocycles. The topological polar surface area (TPSA) is 107 Å². The van der Waals surface area contributed by atoms with Crippen molar-refractivity contribution in [3.05, 3.63) is 45.7 Å². The number of nitrogens with one attached hydrogen (secondary N) is 1. The molecule has 0 aliphatic rings. The lowest BCUT2D eigenvalue weighted by molar-refractivity contribution is -0.111. The number of primary sulfonamides is 1. The van der Waals surface area contributed by atoms with Gasteiger partial charge in [-0.1, -0.05) is 25.4 Å². The van der Waals surface area contributed by atoms with Crippen molar-refractivity contribution >= 4 is 39.3 Å². The highest BCUT2D eigenvalue weighted by Crippen LogP contribution is 2.25. The first-order valence-corrected chi connectivity index (χ1v) is 10.7. The minimum absolute atomic E-state index is 0.0521. The lowest BCUT2D eigenvalue weighted by Crippen LogP contribution is -2.15. The van der Waals surface area contributed by atoms with E-state index in [4.69, 9.17) is 16.7 Å². The summed E-state index contributed by atoms with van der Waals surface area (Å²) in [5, 5.41) is 12.8. The average Bonchev–Trinajstić information content (AvgIpc) is 2.81. The minimum Gasteiger partial charge on any atom is -0.322 e. The lowest BCUT2D eigenvalue weighted by Gasteiger charge is -2.11. The molecule has 0 fully saturated rings. The van der Waals surface area contributed by atoms with Gasteiger partial charge >= 0.3 is 0 Å². The van der Waals surface area contributed by atoms with Gasteiger partial charge in [-0.25, -0.2) is 13.6 Å². The highest BCUT2D eigenvalue weighted by Gasteiger charge is 2.15. The van der Waals surface area contributed by atoms with Gasteiger partial charge in [0.15, 0.2) is 0 Å². The van der Waals surface area contributed by atoms with E-state index in [1.165, 1.54) is 18.2 Å². The van der Waals surface area contributed by atoms with Crippen LogP contribution in [0.3, 0.4) is 0 Å². The maximum Gasteiger partial charge on any atom is 0.248 e. The molecule has 0 spiro atoms. The fourth-order valence-electron chi connectivity index (χ4n) is 2.68. The van der Waals surface area contributed by atoms with Gasteiger partial charge in [0.25, 0.3) is 0 Å². The lowest BCUT2D eigenvalue weighted by atomic mass is 10.1. The Kier molecular flexibility index (Phi) is 6.69. The third kappa shape index (κ3) is 5.21. The third-order valence-electron chi connectivity index (χ3n) is 4.28. The SMILES string of the molecule is Cc1cc(S(N)(=O)=O)cc(NC(=O)/C=C/c2c(C)nn(CC(C)C)c2Cl)c1C. The molecular weight excluding hydrogens is 400 g/mol. The van der Waals surface area contributed by atoms with E-state index in [9.17, 15) is 13.2 Å². The average molecular weight is 425 g/mol. The molecule has 0 aliphatic carbocycles. The van der Waals surface area contributed by atoms with E-state index in [0.717, 1.165) is 11.3 Å². The fraction of sp³-hybridized carbons (Fsp3) is 0.368. The summed E-state index contributed by atoms with van der Waals surface area (Å²) in [6, 6.07) is 2.82. The van der Waals surface area contributed by atoms with Crippen LogP contribution in [-0.2, 0) is 21.4 Å². The molecule has 9 heteroatoms. The normalized spacial score (nSPS) is 12.1. The number of amides is 1. The van der Waals surface area contributed by atoms with Gasteiger partial charge in [0.2, 0.25) is 15.9 Å². The van der Waals surface area contributed by atoms with E-state index in [2.05, 4.69) is 24.3 Å². The zero-order chi connectivity index (χ0) is 21.2. The molecule has 28 heavy (non-hydrogen) atoms. The number of rotatable bonds is 6. The van der Waals surface area contributed by atoms with E-state index < -0.39 is 15.9 Å². The smallest absolute Gasteiger partial charge is 0.248 e. The second kappa shape index (κ2) is 8.46. The first-order valence-electron chi connectivity index (χ1n) is 8.76. The van der Waals surface area contributed by atoms with Crippen LogP contribution >= 0.6 is 11.6 Å². The first-order chi connectivity index (χ1) is 12.9. The van der Waals surface area contributed by atoms with Crippen molar-refractivity contribution in [2.45, 2.75) is 46.1 Å². The van der Waals surface area contributed by atoms with Crippen LogP contribution < -0.4 is 10.5 Å². The number of anilines is 1. The highest BCUT2D eigenvalue weighted by atomic mass is 35.5. The molecule has 1 aromatic carbocycles. The maximum absolute atomic E-state index is 12.4. The van der Waals surface area contributed by atoms with Gasteiger partial charge in [0.05, 0.1) is 10.6 Å². The molecule has 7 nitrogen and oxygen atoms in total. The van der Waals surface area contributed by atoms with Gasteiger partial charge in [0, 0.05) is 23.9 Å². The van der Waals surface area contributed by atoms with Gasteiger partial charge in [-0.15, -0.1) is 0 Å². The summed E-state index contributed by atoms with van der Waals surface area (Å²) in [5.74, 6) is -0.0320.